The summed E-state index contributed by atoms with van der Waals surface area (Å²) in [5.41, 5.74) is 0.0876. The van der Waals surface area contributed by atoms with Crippen LogP contribution in [0.4, 0.5) is 18.9 Å². The Hall–Kier alpha value is -0.990. The van der Waals surface area contributed by atoms with E-state index in [1.807, 2.05) is 0 Å². The number of rotatable bonds is 4. The first-order chi connectivity index (χ1) is 9.90. The Morgan fingerprint density at radius 2 is 2.10 bits per heavy atom. The highest BCUT2D eigenvalue weighted by Crippen LogP contribution is 2.33. The number of anilines is 1. The average Bonchev–Trinajstić information content (AvgIpc) is 2.84. The molecule has 0 bridgehead atoms. The predicted octanol–water partition coefficient (Wildman–Crippen LogP) is 5.24. The summed E-state index contributed by atoms with van der Waals surface area (Å²) < 4.78 is 39.3. The quantitative estimate of drug-likeness (QED) is 0.659. The molecule has 2 aromatic rings. The summed E-state index contributed by atoms with van der Waals surface area (Å²) in [6.45, 7) is 0. The topological polar surface area (TPSA) is 20.3 Å². The highest BCUT2D eigenvalue weighted by Gasteiger charge is 2.22. The molecule has 0 N–H and O–H groups in total. The van der Waals surface area contributed by atoms with E-state index in [1.54, 1.807) is 11.4 Å². The van der Waals surface area contributed by atoms with Gasteiger partial charge in [0.1, 0.15) is 10.7 Å². The lowest BCUT2D eigenvalue weighted by Crippen LogP contribution is -2.26. The van der Waals surface area contributed by atoms with Gasteiger partial charge in [-0.1, -0.05) is 27.7 Å². The van der Waals surface area contributed by atoms with Crippen LogP contribution in [-0.2, 0) is 0 Å². The molecule has 112 valence electrons. The molecule has 0 saturated carbocycles. The maximum Gasteiger partial charge on any atom is 0.288 e. The molecule has 0 radical (unpaired) electrons. The fraction of sp³-hybridized carbons (Fsp3) is 0.154. The van der Waals surface area contributed by atoms with E-state index in [9.17, 15) is 18.0 Å². The molecular formula is C13H9BrF3NOS2. The van der Waals surface area contributed by atoms with E-state index in [4.69, 9.17) is 0 Å². The summed E-state index contributed by atoms with van der Waals surface area (Å²) in [4.78, 5) is 13.8. The lowest BCUT2D eigenvalue weighted by molar-refractivity contribution is 0.0993. The van der Waals surface area contributed by atoms with Crippen molar-refractivity contribution in [3.63, 3.8) is 0 Å². The van der Waals surface area contributed by atoms with Crippen molar-refractivity contribution < 1.29 is 18.0 Å². The zero-order chi connectivity index (χ0) is 15.6. The van der Waals surface area contributed by atoms with E-state index in [-0.39, 0.29) is 15.5 Å². The molecule has 2 rings (SSSR count). The highest BCUT2D eigenvalue weighted by atomic mass is 79.9. The van der Waals surface area contributed by atoms with Crippen LogP contribution in [0.1, 0.15) is 9.67 Å². The molecule has 1 amide bonds. The van der Waals surface area contributed by atoms with Crippen molar-refractivity contribution in [2.24, 2.45) is 0 Å². The maximum absolute atomic E-state index is 13.9. The second-order valence-corrected chi connectivity index (χ2v) is 6.82. The number of carbonyl (C=O) groups is 1. The SMILES string of the molecule is CN(C(=O)c1sccc1SC(F)F)c1ccc(Br)cc1F. The van der Waals surface area contributed by atoms with E-state index >= 15 is 0 Å². The number of benzene rings is 1. The average molecular weight is 396 g/mol. The molecule has 2 nitrogen and oxygen atoms in total. The van der Waals surface area contributed by atoms with Gasteiger partial charge in [-0.2, -0.15) is 8.78 Å². The molecule has 1 aromatic heterocycles. The second kappa shape index (κ2) is 6.85. The molecule has 0 aliphatic heterocycles. The van der Waals surface area contributed by atoms with Gasteiger partial charge in [-0.15, -0.1) is 11.3 Å². The number of thiophene rings is 1. The first kappa shape index (κ1) is 16.4. The molecule has 0 aliphatic carbocycles. The number of amides is 1. The van der Waals surface area contributed by atoms with Crippen molar-refractivity contribution in [3.8, 4) is 0 Å². The van der Waals surface area contributed by atoms with Gasteiger partial charge in [-0.25, -0.2) is 4.39 Å². The lowest BCUT2D eigenvalue weighted by Gasteiger charge is -2.18. The van der Waals surface area contributed by atoms with Crippen LogP contribution in [0.3, 0.4) is 0 Å². The van der Waals surface area contributed by atoms with Gasteiger partial charge in [0.05, 0.1) is 5.69 Å². The van der Waals surface area contributed by atoms with Crippen molar-refractivity contribution in [2.45, 2.75) is 10.7 Å². The number of nitrogens with zero attached hydrogens (tertiary/aromatic N) is 1. The van der Waals surface area contributed by atoms with Crippen LogP contribution in [-0.4, -0.2) is 18.7 Å². The molecule has 0 fully saturated rings. The molecule has 1 heterocycles. The van der Waals surface area contributed by atoms with Crippen LogP contribution in [0.25, 0.3) is 0 Å². The minimum atomic E-state index is -2.61. The Labute approximate surface area is 136 Å². The molecule has 0 saturated heterocycles. The third-order valence-corrected chi connectivity index (χ3v) is 4.91. The number of carbonyl (C=O) groups excluding carboxylic acids is 1. The minimum absolute atomic E-state index is 0.0876. The third-order valence-electron chi connectivity index (χ3n) is 2.62. The van der Waals surface area contributed by atoms with Gasteiger partial charge in [0.2, 0.25) is 0 Å². The zero-order valence-electron chi connectivity index (χ0n) is 10.6. The first-order valence-corrected chi connectivity index (χ1v) is 8.20. The van der Waals surface area contributed by atoms with Gasteiger partial charge in [-0.05, 0) is 29.6 Å². The Morgan fingerprint density at radius 3 is 2.71 bits per heavy atom. The second-order valence-electron chi connectivity index (χ2n) is 3.95. The molecule has 21 heavy (non-hydrogen) atoms. The number of halogens is 4. The van der Waals surface area contributed by atoms with E-state index < -0.39 is 17.5 Å². The number of alkyl halides is 2. The van der Waals surface area contributed by atoms with Crippen molar-refractivity contribution >= 4 is 50.6 Å². The minimum Gasteiger partial charge on any atom is -0.308 e. The summed E-state index contributed by atoms with van der Waals surface area (Å²) in [5, 5.41) is 1.56. The molecule has 1 aromatic carbocycles. The van der Waals surface area contributed by atoms with Crippen molar-refractivity contribution in [1.29, 1.82) is 0 Å². The van der Waals surface area contributed by atoms with Gasteiger partial charge >= 0.3 is 0 Å². The standard InChI is InChI=1S/C13H9BrF3NOS2/c1-18(9-3-2-7(14)6-8(9)15)12(19)11-10(4-5-20-11)21-13(16)17/h2-6,13H,1H3. The number of hydrogen-bond donors (Lipinski definition) is 0. The van der Waals surface area contributed by atoms with E-state index in [2.05, 4.69) is 15.9 Å². The molecular weight excluding hydrogens is 387 g/mol. The number of hydrogen-bond acceptors (Lipinski definition) is 3. The Kier molecular flexibility index (Phi) is 5.34. The molecule has 0 atom stereocenters. The summed E-state index contributed by atoms with van der Waals surface area (Å²) >= 11 is 4.49. The Morgan fingerprint density at radius 1 is 1.38 bits per heavy atom. The molecule has 0 spiro atoms. The zero-order valence-corrected chi connectivity index (χ0v) is 13.9. The van der Waals surface area contributed by atoms with Crippen LogP contribution in [0.15, 0.2) is 39.0 Å². The van der Waals surface area contributed by atoms with Crippen molar-refractivity contribution in [3.05, 3.63) is 44.8 Å². The summed E-state index contributed by atoms with van der Waals surface area (Å²) in [5.74, 6) is -3.70. The molecule has 0 aliphatic rings. The van der Waals surface area contributed by atoms with Crippen molar-refractivity contribution in [2.75, 3.05) is 11.9 Å². The summed E-state index contributed by atoms with van der Waals surface area (Å²) in [6.07, 6.45) is 0. The molecule has 8 heteroatoms. The first-order valence-electron chi connectivity index (χ1n) is 5.65. The van der Waals surface area contributed by atoms with Crippen LogP contribution in [0.5, 0.6) is 0 Å². The van der Waals surface area contributed by atoms with E-state index in [0.29, 0.717) is 16.2 Å². The smallest absolute Gasteiger partial charge is 0.288 e. The van der Waals surface area contributed by atoms with E-state index in [0.717, 1.165) is 16.2 Å². The van der Waals surface area contributed by atoms with Crippen LogP contribution >= 0.6 is 39.0 Å². The van der Waals surface area contributed by atoms with Crippen LogP contribution in [0.2, 0.25) is 0 Å². The largest absolute Gasteiger partial charge is 0.308 e. The molecule has 0 unspecified atom stereocenters. The summed E-state index contributed by atoms with van der Waals surface area (Å²) in [7, 11) is 1.41. The monoisotopic (exact) mass is 395 g/mol. The lowest BCUT2D eigenvalue weighted by atomic mass is 10.2. The van der Waals surface area contributed by atoms with Gasteiger partial charge in [0.15, 0.2) is 0 Å². The normalized spacial score (nSPS) is 11.0. The fourth-order valence-electron chi connectivity index (χ4n) is 1.66. The fourth-order valence-corrected chi connectivity index (χ4v) is 3.66. The highest BCUT2D eigenvalue weighted by molar-refractivity contribution is 9.10. The maximum atomic E-state index is 13.9. The van der Waals surface area contributed by atoms with Gasteiger partial charge < -0.3 is 4.90 Å². The number of thioether (sulfide) groups is 1. The third kappa shape index (κ3) is 3.81. The predicted molar refractivity (Wildman–Crippen MR) is 83.0 cm³/mol. The Balaban J connectivity index is 2.29. The Bertz CT molecular complexity index is 663. The van der Waals surface area contributed by atoms with Crippen LogP contribution in [0, 0.1) is 5.82 Å². The van der Waals surface area contributed by atoms with E-state index in [1.165, 1.54) is 25.2 Å². The summed E-state index contributed by atoms with van der Waals surface area (Å²) in [6, 6.07) is 5.75. The van der Waals surface area contributed by atoms with Gasteiger partial charge in [0.25, 0.3) is 11.7 Å². The van der Waals surface area contributed by atoms with Gasteiger partial charge in [-0.3, -0.25) is 4.79 Å². The van der Waals surface area contributed by atoms with Crippen LogP contribution < -0.4 is 4.90 Å². The van der Waals surface area contributed by atoms with Crippen molar-refractivity contribution in [1.82, 2.24) is 0 Å². The van der Waals surface area contributed by atoms with Gasteiger partial charge in [0, 0.05) is 16.4 Å².